The van der Waals surface area contributed by atoms with Crippen LogP contribution in [0.4, 0.5) is 0 Å². The highest BCUT2D eigenvalue weighted by Crippen LogP contribution is 2.25. The Morgan fingerprint density at radius 1 is 0.808 bits per heavy atom. The third-order valence-electron chi connectivity index (χ3n) is 5.96. The molecule has 0 aliphatic carbocycles. The van der Waals surface area contributed by atoms with Crippen molar-refractivity contribution in [2.45, 2.75) is 76.3 Å². The van der Waals surface area contributed by atoms with Gasteiger partial charge in [-0.2, -0.15) is 0 Å². The minimum atomic E-state index is -0.108. The van der Waals surface area contributed by atoms with Crippen molar-refractivity contribution >= 4 is 11.9 Å². The van der Waals surface area contributed by atoms with Gasteiger partial charge in [0.1, 0.15) is 0 Å². The number of carbonyl (C=O) groups excluding carboxylic acids is 2. The van der Waals surface area contributed by atoms with Gasteiger partial charge in [-0.15, -0.1) is 0 Å². The molecular formula is C20H36N2O4. The van der Waals surface area contributed by atoms with Gasteiger partial charge < -0.3 is 20.1 Å². The minimum Gasteiger partial charge on any atom is -0.469 e. The molecule has 0 aromatic heterocycles. The molecule has 0 aromatic carbocycles. The molecule has 4 atom stereocenters. The van der Waals surface area contributed by atoms with Crippen molar-refractivity contribution < 1.29 is 19.1 Å². The average molecular weight is 369 g/mol. The Morgan fingerprint density at radius 3 is 1.54 bits per heavy atom. The van der Waals surface area contributed by atoms with Crippen molar-refractivity contribution in [1.82, 2.24) is 10.6 Å². The summed E-state index contributed by atoms with van der Waals surface area (Å²) in [6.45, 7) is 1.96. The number of hydrogen-bond donors (Lipinski definition) is 2. The summed E-state index contributed by atoms with van der Waals surface area (Å²) < 4.78 is 10.1. The van der Waals surface area contributed by atoms with E-state index in [9.17, 15) is 9.59 Å². The molecule has 6 heteroatoms. The fraction of sp³-hybridized carbons (Fsp3) is 0.900. The molecule has 2 heterocycles. The first-order valence-electron chi connectivity index (χ1n) is 10.3. The summed E-state index contributed by atoms with van der Waals surface area (Å²) in [4.78, 5) is 24.4. The number of esters is 2. The highest BCUT2D eigenvalue weighted by Gasteiger charge is 2.32. The minimum absolute atomic E-state index is 0.0790. The Balaban J connectivity index is 1.82. The lowest BCUT2D eigenvalue weighted by Crippen LogP contribution is -2.44. The number of hydrogen-bond acceptors (Lipinski definition) is 6. The maximum Gasteiger partial charge on any atom is 0.310 e. The summed E-state index contributed by atoms with van der Waals surface area (Å²) in [7, 11) is 2.94. The second kappa shape index (κ2) is 11.5. The van der Waals surface area contributed by atoms with E-state index in [0.29, 0.717) is 0 Å². The van der Waals surface area contributed by atoms with Crippen LogP contribution in [-0.2, 0) is 19.1 Å². The van der Waals surface area contributed by atoms with E-state index in [0.717, 1.165) is 51.6 Å². The van der Waals surface area contributed by atoms with Crippen LogP contribution >= 0.6 is 0 Å². The Hall–Kier alpha value is -1.14. The predicted octanol–water partition coefficient (Wildman–Crippen LogP) is 2.41. The van der Waals surface area contributed by atoms with E-state index < -0.39 is 0 Å². The zero-order valence-electron chi connectivity index (χ0n) is 16.4. The van der Waals surface area contributed by atoms with E-state index >= 15 is 0 Å². The highest BCUT2D eigenvalue weighted by molar-refractivity contribution is 5.73. The second-order valence-corrected chi connectivity index (χ2v) is 7.66. The molecule has 0 bridgehead atoms. The van der Waals surface area contributed by atoms with Gasteiger partial charge in [0.25, 0.3) is 0 Å². The van der Waals surface area contributed by atoms with Crippen LogP contribution in [0, 0.1) is 11.8 Å². The van der Waals surface area contributed by atoms with Crippen molar-refractivity contribution in [3.8, 4) is 0 Å². The topological polar surface area (TPSA) is 76.7 Å². The van der Waals surface area contributed by atoms with Crippen molar-refractivity contribution in [3.63, 3.8) is 0 Å². The summed E-state index contributed by atoms with van der Waals surface area (Å²) in [5.74, 6) is -0.375. The van der Waals surface area contributed by atoms with E-state index in [1.54, 1.807) is 0 Å². The number of carbonyl (C=O) groups is 2. The number of nitrogens with one attached hydrogen (secondary N) is 2. The molecule has 2 rings (SSSR count). The first-order chi connectivity index (χ1) is 12.7. The van der Waals surface area contributed by atoms with Crippen molar-refractivity contribution in [2.75, 3.05) is 27.3 Å². The quantitative estimate of drug-likeness (QED) is 0.481. The van der Waals surface area contributed by atoms with Crippen LogP contribution in [0.15, 0.2) is 0 Å². The monoisotopic (exact) mass is 368 g/mol. The van der Waals surface area contributed by atoms with Crippen LogP contribution in [0.5, 0.6) is 0 Å². The number of piperidine rings is 2. The molecule has 0 aromatic rings. The van der Waals surface area contributed by atoms with Gasteiger partial charge >= 0.3 is 11.9 Å². The molecule has 2 N–H and O–H groups in total. The molecule has 0 radical (unpaired) electrons. The third kappa shape index (κ3) is 6.23. The van der Waals surface area contributed by atoms with Crippen molar-refractivity contribution in [3.05, 3.63) is 0 Å². The zero-order valence-corrected chi connectivity index (χ0v) is 16.4. The normalized spacial score (nSPS) is 25.9. The maximum absolute atomic E-state index is 12.2. The van der Waals surface area contributed by atoms with E-state index in [2.05, 4.69) is 10.6 Å². The fourth-order valence-corrected chi connectivity index (χ4v) is 4.44. The van der Waals surface area contributed by atoms with Gasteiger partial charge in [-0.05, 0) is 51.6 Å². The molecule has 2 saturated heterocycles. The standard InChI is InChI=1S/C20H36N2O4/c1-25-19(23)15(17-11-5-7-13-21-17)9-3-4-10-16(20(24)26-2)18-12-6-8-14-22-18/h15-18,21-22H,3-14H2,1-2H3. The van der Waals surface area contributed by atoms with Gasteiger partial charge in [-0.1, -0.05) is 25.7 Å². The summed E-state index contributed by atoms with van der Waals surface area (Å²) in [6, 6.07) is 0.459. The van der Waals surface area contributed by atoms with Crippen LogP contribution in [0.1, 0.15) is 64.2 Å². The first kappa shape index (κ1) is 21.2. The smallest absolute Gasteiger partial charge is 0.310 e. The van der Waals surface area contributed by atoms with E-state index in [1.807, 2.05) is 0 Å². The molecule has 2 aliphatic rings. The number of unbranched alkanes of at least 4 members (excludes halogenated alkanes) is 1. The molecule has 26 heavy (non-hydrogen) atoms. The lowest BCUT2D eigenvalue weighted by atomic mass is 9.85. The van der Waals surface area contributed by atoms with Gasteiger partial charge in [0.15, 0.2) is 0 Å². The summed E-state index contributed by atoms with van der Waals surface area (Å²) in [6.07, 6.45) is 10.3. The molecule has 2 fully saturated rings. The van der Waals surface area contributed by atoms with Gasteiger partial charge in [0.05, 0.1) is 26.1 Å². The molecular weight excluding hydrogens is 332 g/mol. The molecule has 2 aliphatic heterocycles. The molecule has 0 amide bonds. The van der Waals surface area contributed by atoms with Crippen LogP contribution in [-0.4, -0.2) is 51.3 Å². The highest BCUT2D eigenvalue weighted by atomic mass is 16.5. The largest absolute Gasteiger partial charge is 0.469 e. The second-order valence-electron chi connectivity index (χ2n) is 7.66. The predicted molar refractivity (Wildman–Crippen MR) is 101 cm³/mol. The zero-order chi connectivity index (χ0) is 18.8. The fourth-order valence-electron chi connectivity index (χ4n) is 4.44. The van der Waals surface area contributed by atoms with Crippen LogP contribution in [0.2, 0.25) is 0 Å². The number of rotatable bonds is 9. The summed E-state index contributed by atoms with van der Waals surface area (Å²) in [5.41, 5.74) is 0. The van der Waals surface area contributed by atoms with Crippen LogP contribution < -0.4 is 10.6 Å². The van der Waals surface area contributed by atoms with Gasteiger partial charge in [-0.25, -0.2) is 0 Å². The summed E-state index contributed by atoms with van der Waals surface area (Å²) >= 11 is 0. The van der Waals surface area contributed by atoms with E-state index in [-0.39, 0.29) is 35.9 Å². The van der Waals surface area contributed by atoms with Gasteiger partial charge in [-0.3, -0.25) is 9.59 Å². The van der Waals surface area contributed by atoms with Crippen molar-refractivity contribution in [1.29, 1.82) is 0 Å². The first-order valence-corrected chi connectivity index (χ1v) is 10.3. The Kier molecular flexibility index (Phi) is 9.40. The lowest BCUT2D eigenvalue weighted by Gasteiger charge is -2.31. The average Bonchev–Trinajstić information content (AvgIpc) is 2.71. The summed E-state index contributed by atoms with van der Waals surface area (Å²) in [5, 5.41) is 6.96. The lowest BCUT2D eigenvalue weighted by molar-refractivity contribution is -0.148. The van der Waals surface area contributed by atoms with Crippen molar-refractivity contribution in [2.24, 2.45) is 11.8 Å². The number of methoxy groups -OCH3 is 2. The Morgan fingerprint density at radius 2 is 1.23 bits per heavy atom. The molecule has 0 saturated carbocycles. The molecule has 6 nitrogen and oxygen atoms in total. The SMILES string of the molecule is COC(=O)C(CCCCC(C(=O)OC)C1CCCCN1)C1CCCCN1. The molecule has 0 spiro atoms. The Labute approximate surface area is 157 Å². The van der Waals surface area contributed by atoms with Crippen LogP contribution in [0.25, 0.3) is 0 Å². The number of ether oxygens (including phenoxy) is 2. The van der Waals surface area contributed by atoms with Gasteiger partial charge in [0.2, 0.25) is 0 Å². The Bertz CT molecular complexity index is 392. The molecule has 150 valence electrons. The third-order valence-corrected chi connectivity index (χ3v) is 5.96. The van der Waals surface area contributed by atoms with Gasteiger partial charge in [0, 0.05) is 12.1 Å². The maximum atomic E-state index is 12.2. The van der Waals surface area contributed by atoms with E-state index in [4.69, 9.17) is 9.47 Å². The van der Waals surface area contributed by atoms with Crippen LogP contribution in [0.3, 0.4) is 0 Å². The molecule has 4 unspecified atom stereocenters. The van der Waals surface area contributed by atoms with E-state index in [1.165, 1.54) is 39.9 Å².